The molecule has 9 nitrogen and oxygen atoms in total. The predicted molar refractivity (Wildman–Crippen MR) is 106 cm³/mol. The van der Waals surface area contributed by atoms with E-state index in [0.717, 1.165) is 11.1 Å². The molecule has 0 aliphatic carbocycles. The van der Waals surface area contributed by atoms with E-state index < -0.39 is 4.92 Å². The first-order valence-electron chi connectivity index (χ1n) is 8.51. The number of aryl methyl sites for hydroxylation is 1. The molecule has 0 unspecified atom stereocenters. The van der Waals surface area contributed by atoms with Crippen LogP contribution in [0.2, 0.25) is 0 Å². The number of amides is 1. The van der Waals surface area contributed by atoms with E-state index in [1.807, 2.05) is 23.6 Å². The maximum Gasteiger partial charge on any atom is 0.271 e. The molecule has 1 aromatic carbocycles. The Bertz CT molecular complexity index is 1010. The molecule has 0 bridgehead atoms. The number of rotatable bonds is 7. The van der Waals surface area contributed by atoms with Crippen molar-refractivity contribution < 1.29 is 9.72 Å². The van der Waals surface area contributed by atoms with E-state index in [4.69, 9.17) is 0 Å². The van der Waals surface area contributed by atoms with E-state index in [1.165, 1.54) is 23.9 Å². The number of hydrogen-bond acceptors (Lipinski definition) is 7. The fraction of sp³-hybridized carbons (Fsp3) is 0.222. The van der Waals surface area contributed by atoms with Crippen LogP contribution in [0.4, 0.5) is 11.4 Å². The minimum Gasteiger partial charge on any atom is -0.325 e. The molecule has 1 N–H and O–H groups in total. The van der Waals surface area contributed by atoms with Gasteiger partial charge in [0.15, 0.2) is 11.0 Å². The van der Waals surface area contributed by atoms with Crippen molar-refractivity contribution >= 4 is 29.0 Å². The minimum atomic E-state index is -0.492. The standard InChI is InChI=1S/C18H18N6O3S/c1-3-23-17(13-6-8-19-9-7-13)21-22-18(23)28-11-16(25)20-15-10-14(24(26)27)5-4-12(15)2/h4-10H,3,11H2,1-2H3,(H,20,25). The molecular weight excluding hydrogens is 380 g/mol. The molecule has 0 saturated carbocycles. The first kappa shape index (κ1) is 19.5. The molecule has 0 aliphatic heterocycles. The van der Waals surface area contributed by atoms with E-state index in [-0.39, 0.29) is 17.3 Å². The Morgan fingerprint density at radius 3 is 2.68 bits per heavy atom. The van der Waals surface area contributed by atoms with Gasteiger partial charge in [0.25, 0.3) is 5.69 Å². The van der Waals surface area contributed by atoms with Crippen molar-refractivity contribution in [3.05, 3.63) is 58.4 Å². The summed E-state index contributed by atoms with van der Waals surface area (Å²) in [5.41, 5.74) is 2.00. The van der Waals surface area contributed by atoms with Crippen molar-refractivity contribution in [1.29, 1.82) is 0 Å². The van der Waals surface area contributed by atoms with Gasteiger partial charge in [0, 0.05) is 36.6 Å². The highest BCUT2D eigenvalue weighted by molar-refractivity contribution is 7.99. The Balaban J connectivity index is 1.70. The van der Waals surface area contributed by atoms with Crippen LogP contribution in [0.5, 0.6) is 0 Å². The summed E-state index contributed by atoms with van der Waals surface area (Å²) in [6.07, 6.45) is 3.37. The van der Waals surface area contributed by atoms with Crippen LogP contribution < -0.4 is 5.32 Å². The maximum absolute atomic E-state index is 12.3. The number of anilines is 1. The molecule has 1 amide bonds. The van der Waals surface area contributed by atoms with Crippen LogP contribution in [0.25, 0.3) is 11.4 Å². The average molecular weight is 398 g/mol. The molecule has 2 heterocycles. The largest absolute Gasteiger partial charge is 0.325 e. The third kappa shape index (κ3) is 4.34. The van der Waals surface area contributed by atoms with Crippen molar-refractivity contribution in [2.45, 2.75) is 25.5 Å². The predicted octanol–water partition coefficient (Wildman–Crippen LogP) is 3.31. The van der Waals surface area contributed by atoms with Crippen molar-refractivity contribution in [1.82, 2.24) is 19.7 Å². The van der Waals surface area contributed by atoms with E-state index in [2.05, 4.69) is 20.5 Å². The molecule has 0 atom stereocenters. The second-order valence-electron chi connectivity index (χ2n) is 5.88. The molecule has 0 radical (unpaired) electrons. The normalized spacial score (nSPS) is 10.6. The Labute approximate surface area is 165 Å². The summed E-state index contributed by atoms with van der Waals surface area (Å²) in [6.45, 7) is 4.41. The molecule has 0 fully saturated rings. The molecule has 3 rings (SSSR count). The lowest BCUT2D eigenvalue weighted by Gasteiger charge is -2.09. The molecule has 10 heteroatoms. The van der Waals surface area contributed by atoms with Crippen LogP contribution in [0.15, 0.2) is 47.9 Å². The van der Waals surface area contributed by atoms with Gasteiger partial charge in [-0.3, -0.25) is 19.9 Å². The third-order valence-electron chi connectivity index (χ3n) is 4.01. The molecule has 0 aliphatic rings. The summed E-state index contributed by atoms with van der Waals surface area (Å²) >= 11 is 1.26. The number of hydrogen-bond donors (Lipinski definition) is 1. The smallest absolute Gasteiger partial charge is 0.271 e. The van der Waals surface area contributed by atoms with Crippen LogP contribution in [-0.2, 0) is 11.3 Å². The van der Waals surface area contributed by atoms with Gasteiger partial charge >= 0.3 is 0 Å². The second-order valence-corrected chi connectivity index (χ2v) is 6.82. The topological polar surface area (TPSA) is 116 Å². The van der Waals surface area contributed by atoms with Crippen molar-refractivity contribution in [2.75, 3.05) is 11.1 Å². The molecular formula is C18H18N6O3S. The van der Waals surface area contributed by atoms with E-state index >= 15 is 0 Å². The molecule has 28 heavy (non-hydrogen) atoms. The van der Waals surface area contributed by atoms with Crippen LogP contribution in [-0.4, -0.2) is 36.3 Å². The van der Waals surface area contributed by atoms with E-state index in [1.54, 1.807) is 25.4 Å². The number of non-ortho nitro benzene ring substituents is 1. The van der Waals surface area contributed by atoms with E-state index in [9.17, 15) is 14.9 Å². The van der Waals surface area contributed by atoms with Crippen LogP contribution in [0.1, 0.15) is 12.5 Å². The fourth-order valence-corrected chi connectivity index (χ4v) is 3.37. The number of thioether (sulfide) groups is 1. The summed E-state index contributed by atoms with van der Waals surface area (Å²) in [6, 6.07) is 8.07. The van der Waals surface area contributed by atoms with Gasteiger partial charge in [-0.25, -0.2) is 0 Å². The first-order valence-corrected chi connectivity index (χ1v) is 9.49. The number of nitrogens with one attached hydrogen (secondary N) is 1. The number of benzene rings is 1. The van der Waals surface area contributed by atoms with E-state index in [0.29, 0.717) is 23.2 Å². The summed E-state index contributed by atoms with van der Waals surface area (Å²) in [4.78, 5) is 26.8. The van der Waals surface area contributed by atoms with Crippen LogP contribution in [0.3, 0.4) is 0 Å². The van der Waals surface area contributed by atoms with Gasteiger partial charge in [0.1, 0.15) is 0 Å². The Kier molecular flexibility index (Phi) is 5.99. The van der Waals surface area contributed by atoms with Gasteiger partial charge in [-0.15, -0.1) is 10.2 Å². The third-order valence-corrected chi connectivity index (χ3v) is 4.98. The number of carbonyl (C=O) groups excluding carboxylic acids is 1. The number of aromatic nitrogens is 4. The molecule has 144 valence electrons. The van der Waals surface area contributed by atoms with Crippen molar-refractivity contribution in [3.8, 4) is 11.4 Å². The van der Waals surface area contributed by atoms with Gasteiger partial charge in [-0.2, -0.15) is 0 Å². The van der Waals surface area contributed by atoms with Crippen molar-refractivity contribution in [2.24, 2.45) is 0 Å². The lowest BCUT2D eigenvalue weighted by Crippen LogP contribution is -2.15. The molecule has 3 aromatic rings. The number of pyridine rings is 1. The van der Waals surface area contributed by atoms with Gasteiger partial charge < -0.3 is 9.88 Å². The Morgan fingerprint density at radius 1 is 1.25 bits per heavy atom. The molecule has 0 spiro atoms. The Hall–Kier alpha value is -3.27. The molecule has 2 aromatic heterocycles. The zero-order valence-electron chi connectivity index (χ0n) is 15.3. The quantitative estimate of drug-likeness (QED) is 0.369. The number of nitro groups is 1. The van der Waals surface area contributed by atoms with Crippen LogP contribution >= 0.6 is 11.8 Å². The first-order chi connectivity index (χ1) is 13.5. The zero-order valence-corrected chi connectivity index (χ0v) is 16.1. The minimum absolute atomic E-state index is 0.0683. The average Bonchev–Trinajstić information content (AvgIpc) is 3.11. The van der Waals surface area contributed by atoms with Gasteiger partial charge in [-0.1, -0.05) is 17.8 Å². The fourth-order valence-electron chi connectivity index (χ4n) is 2.57. The summed E-state index contributed by atoms with van der Waals surface area (Å²) in [5.74, 6) is 0.545. The van der Waals surface area contributed by atoms with Crippen LogP contribution in [0, 0.1) is 17.0 Å². The number of nitrogens with zero attached hydrogens (tertiary/aromatic N) is 5. The van der Waals surface area contributed by atoms with Gasteiger partial charge in [0.05, 0.1) is 16.4 Å². The number of carbonyl (C=O) groups is 1. The highest BCUT2D eigenvalue weighted by atomic mass is 32.2. The van der Waals surface area contributed by atoms with Crippen molar-refractivity contribution in [3.63, 3.8) is 0 Å². The summed E-state index contributed by atoms with van der Waals surface area (Å²) < 4.78 is 1.92. The highest BCUT2D eigenvalue weighted by Crippen LogP contribution is 2.25. The zero-order chi connectivity index (χ0) is 20.1. The van der Waals surface area contributed by atoms with Gasteiger partial charge in [0.2, 0.25) is 5.91 Å². The second kappa shape index (κ2) is 8.61. The highest BCUT2D eigenvalue weighted by Gasteiger charge is 2.16. The number of nitro benzene ring substituents is 1. The lowest BCUT2D eigenvalue weighted by atomic mass is 10.2. The summed E-state index contributed by atoms with van der Waals surface area (Å²) in [7, 11) is 0. The lowest BCUT2D eigenvalue weighted by molar-refractivity contribution is -0.384. The van der Waals surface area contributed by atoms with Gasteiger partial charge in [-0.05, 0) is 31.5 Å². The Morgan fingerprint density at radius 2 is 2.00 bits per heavy atom. The SMILES string of the molecule is CCn1c(SCC(=O)Nc2cc([N+](=O)[O-])ccc2C)nnc1-c1ccncc1. The molecule has 0 saturated heterocycles. The maximum atomic E-state index is 12.3. The summed E-state index contributed by atoms with van der Waals surface area (Å²) in [5, 5.41) is 22.7. The monoisotopic (exact) mass is 398 g/mol.